The molecule has 16 heavy (non-hydrogen) atoms. The van der Waals surface area contributed by atoms with E-state index in [9.17, 15) is 9.90 Å². The third kappa shape index (κ3) is 2.76. The monoisotopic (exact) mass is 237 g/mol. The summed E-state index contributed by atoms with van der Waals surface area (Å²) in [5.41, 5.74) is 7.35. The zero-order valence-electron chi connectivity index (χ0n) is 8.40. The van der Waals surface area contributed by atoms with E-state index in [1.165, 1.54) is 6.08 Å². The van der Waals surface area contributed by atoms with E-state index in [-0.39, 0.29) is 0 Å². The van der Waals surface area contributed by atoms with Gasteiger partial charge in [-0.15, -0.1) is 0 Å². The van der Waals surface area contributed by atoms with Gasteiger partial charge in [-0.2, -0.15) is 0 Å². The summed E-state index contributed by atoms with van der Waals surface area (Å²) in [5, 5.41) is 14.2. The number of rotatable bonds is 3. The van der Waals surface area contributed by atoms with Gasteiger partial charge in [0.15, 0.2) is 10.8 Å². The van der Waals surface area contributed by atoms with E-state index < -0.39 is 11.7 Å². The number of aryl methyl sites for hydroxylation is 1. The van der Waals surface area contributed by atoms with Crippen molar-refractivity contribution < 1.29 is 9.90 Å². The molecule has 0 heterocycles. The van der Waals surface area contributed by atoms with Crippen LogP contribution in [0.15, 0.2) is 29.0 Å². The third-order valence-corrected chi connectivity index (χ3v) is 2.40. The molecule has 0 saturated carbocycles. The lowest BCUT2D eigenvalue weighted by molar-refractivity contribution is -0.299. The van der Waals surface area contributed by atoms with E-state index in [1.54, 1.807) is 25.1 Å². The number of carboxylic acid groups (broad SMARTS) is 1. The van der Waals surface area contributed by atoms with Gasteiger partial charge in [0, 0.05) is 0 Å². The van der Waals surface area contributed by atoms with Gasteiger partial charge in [0.05, 0.1) is 11.0 Å². The van der Waals surface area contributed by atoms with Gasteiger partial charge in [-0.25, -0.2) is 0 Å². The fourth-order valence-corrected chi connectivity index (χ4v) is 1.29. The molecule has 0 aliphatic rings. The van der Waals surface area contributed by atoms with Crippen molar-refractivity contribution in [2.75, 3.05) is 0 Å². The van der Waals surface area contributed by atoms with E-state index in [0.29, 0.717) is 10.6 Å². The Bertz CT molecular complexity index is 501. The summed E-state index contributed by atoms with van der Waals surface area (Å²) in [6.07, 6.45) is 1.21. The molecule has 0 aliphatic heterocycles. The van der Waals surface area contributed by atoms with Crippen LogP contribution in [0.4, 0.5) is 0 Å². The maximum absolute atomic E-state index is 10.6. The van der Waals surface area contributed by atoms with Crippen molar-refractivity contribution >= 4 is 23.6 Å². The average molecular weight is 238 g/mol. The smallest absolute Gasteiger partial charge is 0.220 e. The van der Waals surface area contributed by atoms with Crippen LogP contribution in [0, 0.1) is 12.5 Å². The summed E-state index contributed by atoms with van der Waals surface area (Å²) in [5.74, 6) is -1.51. The molecule has 1 aromatic carbocycles. The fourth-order valence-electron chi connectivity index (χ4n) is 1.11. The molecule has 0 aromatic heterocycles. The number of nitrogens with zero attached hydrogens (tertiary/aromatic N) is 2. The number of hydrogen-bond donors (Lipinski definition) is 1. The standard InChI is InChI=1S/C10H8ClN3O2/c1-6-3-2-4-7(9(6)11)5-8(10(15)16)13-14-12/h2-5,12H,1H3. The second-order valence-electron chi connectivity index (χ2n) is 3.00. The second-order valence-corrected chi connectivity index (χ2v) is 3.37. The maximum atomic E-state index is 10.6. The topological polar surface area (TPSA) is 90.4 Å². The van der Waals surface area contributed by atoms with Crippen molar-refractivity contribution in [1.29, 1.82) is 5.53 Å². The van der Waals surface area contributed by atoms with Crippen molar-refractivity contribution in [2.45, 2.75) is 6.92 Å². The predicted octanol–water partition coefficient (Wildman–Crippen LogP) is 1.29. The molecule has 5 nitrogen and oxygen atoms in total. The zero-order chi connectivity index (χ0) is 12.1. The van der Waals surface area contributed by atoms with Crippen LogP contribution in [-0.4, -0.2) is 5.97 Å². The van der Waals surface area contributed by atoms with E-state index >= 15 is 0 Å². The van der Waals surface area contributed by atoms with Gasteiger partial charge in [-0.3, -0.25) is 0 Å². The van der Waals surface area contributed by atoms with Crippen LogP contribution < -0.4 is 10.0 Å². The van der Waals surface area contributed by atoms with Crippen LogP contribution in [0.25, 0.3) is 6.08 Å². The molecule has 0 aliphatic carbocycles. The first kappa shape index (κ1) is 12.1. The third-order valence-electron chi connectivity index (χ3n) is 1.88. The Balaban J connectivity index is 3.28. The highest BCUT2D eigenvalue weighted by molar-refractivity contribution is 6.32. The molecule has 0 saturated heterocycles. The molecule has 0 unspecified atom stereocenters. The Labute approximate surface area is 96.6 Å². The van der Waals surface area contributed by atoms with Gasteiger partial charge in [-0.05, 0) is 24.1 Å². The minimum atomic E-state index is -1.51. The first-order chi connectivity index (χ1) is 7.56. The number of aliphatic carboxylic acids is 1. The van der Waals surface area contributed by atoms with Gasteiger partial charge in [0.2, 0.25) is 4.91 Å². The van der Waals surface area contributed by atoms with Gasteiger partial charge in [0.25, 0.3) is 0 Å². The summed E-state index contributed by atoms with van der Waals surface area (Å²) >= 11 is 5.97. The summed E-state index contributed by atoms with van der Waals surface area (Å²) < 4.78 is 0. The molecule has 82 valence electrons. The normalized spacial score (nSPS) is 10.8. The Morgan fingerprint density at radius 1 is 1.62 bits per heavy atom. The molecule has 0 atom stereocenters. The van der Waals surface area contributed by atoms with Crippen LogP contribution in [-0.2, 0) is 4.79 Å². The lowest BCUT2D eigenvalue weighted by atomic mass is 10.1. The summed E-state index contributed by atoms with van der Waals surface area (Å²) in [7, 11) is 0. The lowest BCUT2D eigenvalue weighted by Gasteiger charge is -2.02. The average Bonchev–Trinajstić information content (AvgIpc) is 2.23. The Morgan fingerprint density at radius 3 is 2.88 bits per heavy atom. The first-order valence-corrected chi connectivity index (χ1v) is 4.69. The predicted molar refractivity (Wildman–Crippen MR) is 56.5 cm³/mol. The highest BCUT2D eigenvalue weighted by Gasteiger charge is 2.06. The number of halogens is 1. The van der Waals surface area contributed by atoms with E-state index in [4.69, 9.17) is 17.1 Å². The molecule has 1 rings (SSSR count). The second kappa shape index (κ2) is 5.21. The van der Waals surface area contributed by atoms with E-state index in [2.05, 4.69) is 10.0 Å². The van der Waals surface area contributed by atoms with Crippen LogP contribution in [0.1, 0.15) is 11.1 Å². The molecule has 0 fully saturated rings. The molecular formula is C10H8ClN3O2. The molecule has 0 amide bonds. The summed E-state index contributed by atoms with van der Waals surface area (Å²) in [4.78, 5) is 13.3. The number of carbonyl (C=O) groups is 1. The Morgan fingerprint density at radius 2 is 2.31 bits per heavy atom. The maximum Gasteiger partial charge on any atom is 0.220 e. The lowest BCUT2D eigenvalue weighted by Crippen LogP contribution is -2.23. The minimum Gasteiger partial charge on any atom is -0.543 e. The molecule has 6 heteroatoms. The molecule has 0 bridgehead atoms. The molecule has 1 aromatic rings. The summed E-state index contributed by atoms with van der Waals surface area (Å²) in [6.45, 7) is 1.80. The summed E-state index contributed by atoms with van der Waals surface area (Å²) in [6, 6.07) is 5.17. The number of carbonyl (C=O) groups excluding carboxylic acids is 1. The minimum absolute atomic E-state index is 0.432. The molecule has 0 radical (unpaired) electrons. The van der Waals surface area contributed by atoms with Crippen molar-refractivity contribution in [3.63, 3.8) is 0 Å². The van der Waals surface area contributed by atoms with Gasteiger partial charge in [-0.1, -0.05) is 29.8 Å². The fraction of sp³-hybridized carbons (Fsp3) is 0.100. The highest BCUT2D eigenvalue weighted by Crippen LogP contribution is 2.22. The van der Waals surface area contributed by atoms with Crippen molar-refractivity contribution in [1.82, 2.24) is 4.91 Å². The molecule has 0 spiro atoms. The zero-order valence-corrected chi connectivity index (χ0v) is 9.15. The molecular weight excluding hydrogens is 230 g/mol. The van der Waals surface area contributed by atoms with E-state index in [1.807, 2.05) is 0 Å². The Kier molecular flexibility index (Phi) is 3.94. The number of carboxylic acids is 1. The largest absolute Gasteiger partial charge is 0.543 e. The SMILES string of the molecule is Cc1cccc(C=C(N=[N+]=N)C(=O)[O-])c1Cl. The van der Waals surface area contributed by atoms with Crippen LogP contribution >= 0.6 is 11.6 Å². The van der Waals surface area contributed by atoms with Crippen molar-refractivity contribution in [3.05, 3.63) is 40.0 Å². The van der Waals surface area contributed by atoms with Crippen molar-refractivity contribution in [3.8, 4) is 0 Å². The van der Waals surface area contributed by atoms with Gasteiger partial charge >= 0.3 is 0 Å². The first-order valence-electron chi connectivity index (χ1n) is 4.32. The number of hydrogen-bond acceptors (Lipinski definition) is 4. The van der Waals surface area contributed by atoms with Gasteiger partial charge in [0.1, 0.15) is 5.53 Å². The van der Waals surface area contributed by atoms with Crippen LogP contribution in [0.5, 0.6) is 0 Å². The van der Waals surface area contributed by atoms with Crippen LogP contribution in [0.3, 0.4) is 0 Å². The van der Waals surface area contributed by atoms with Crippen LogP contribution in [0.2, 0.25) is 5.02 Å². The Hall–Kier alpha value is -1.97. The van der Waals surface area contributed by atoms with E-state index in [0.717, 1.165) is 5.56 Å². The van der Waals surface area contributed by atoms with Crippen molar-refractivity contribution in [2.24, 2.45) is 5.11 Å². The number of benzene rings is 1. The van der Waals surface area contributed by atoms with Gasteiger partial charge < -0.3 is 9.90 Å². The number of nitrogens with one attached hydrogen (secondary N) is 1. The highest BCUT2D eigenvalue weighted by atomic mass is 35.5. The quantitative estimate of drug-likeness (QED) is 0.488. The molecule has 1 N–H and O–H groups in total.